The molecule has 1 heterocycles. The number of carbonyl (C=O) groups is 3. The van der Waals surface area contributed by atoms with E-state index < -0.39 is 36.5 Å². The molecule has 0 aliphatic heterocycles. The fourth-order valence-corrected chi connectivity index (χ4v) is 2.50. The predicted octanol–water partition coefficient (Wildman–Crippen LogP) is 1.10. The number of ether oxygens (including phenoxy) is 1. The summed E-state index contributed by atoms with van der Waals surface area (Å²) in [6.45, 7) is 4.69. The maximum Gasteiger partial charge on any atom is 0.323 e. The molecule has 7 nitrogen and oxygen atoms in total. The van der Waals surface area contributed by atoms with Gasteiger partial charge in [0.15, 0.2) is 0 Å². The number of carboxylic acids is 1. The molecule has 0 radical (unpaired) electrons. The summed E-state index contributed by atoms with van der Waals surface area (Å²) in [6, 6.07) is 0.291. The first-order valence-corrected chi connectivity index (χ1v) is 7.79. The molecule has 2 N–H and O–H groups in total. The van der Waals surface area contributed by atoms with Crippen molar-refractivity contribution in [1.29, 1.82) is 0 Å². The monoisotopic (exact) mass is 328 g/mol. The zero-order chi connectivity index (χ0) is 16.7. The number of carboxylic acid groups (broad SMARTS) is 1. The number of nitrogens with one attached hydrogen (secondary N) is 1. The van der Waals surface area contributed by atoms with Crippen molar-refractivity contribution in [3.63, 3.8) is 0 Å². The molecule has 1 amide bonds. The van der Waals surface area contributed by atoms with Gasteiger partial charge in [-0.25, -0.2) is 0 Å². The maximum absolute atomic E-state index is 12.4. The Morgan fingerprint density at radius 1 is 1.36 bits per heavy atom. The second-order valence-electron chi connectivity index (χ2n) is 4.66. The van der Waals surface area contributed by atoms with Gasteiger partial charge in [-0.05, 0) is 32.2 Å². The molecule has 0 spiro atoms. The van der Waals surface area contributed by atoms with Crippen LogP contribution in [0.4, 0.5) is 5.69 Å². The number of hydrogen-bond donors (Lipinski definition) is 2. The van der Waals surface area contributed by atoms with Crippen molar-refractivity contribution in [1.82, 2.24) is 5.32 Å². The van der Waals surface area contributed by atoms with Gasteiger partial charge in [-0.3, -0.25) is 24.6 Å². The summed E-state index contributed by atoms with van der Waals surface area (Å²) in [4.78, 5) is 36.2. The van der Waals surface area contributed by atoms with Crippen LogP contribution in [0.25, 0.3) is 0 Å². The molecular weight excluding hydrogens is 308 g/mol. The topological polar surface area (TPSA) is 95.9 Å². The first-order valence-electron chi connectivity index (χ1n) is 6.84. The molecule has 0 aliphatic carbocycles. The van der Waals surface area contributed by atoms with Gasteiger partial charge in [-0.15, -0.1) is 0 Å². The molecule has 1 rings (SSSR count). The lowest BCUT2D eigenvalue weighted by Gasteiger charge is -2.25. The summed E-state index contributed by atoms with van der Waals surface area (Å²) in [5.41, 5.74) is 0.523. The average Bonchev–Trinajstić information content (AvgIpc) is 2.97. The molecule has 0 aromatic carbocycles. The normalized spacial score (nSPS) is 13.2. The van der Waals surface area contributed by atoms with Crippen LogP contribution >= 0.6 is 11.3 Å². The summed E-state index contributed by atoms with van der Waals surface area (Å²) in [7, 11) is 0. The first kappa shape index (κ1) is 18.1. The molecule has 1 aromatic heterocycles. The van der Waals surface area contributed by atoms with Crippen molar-refractivity contribution in [2.75, 3.05) is 18.1 Å². The third-order valence-electron chi connectivity index (χ3n) is 2.89. The molecule has 8 heteroatoms. The number of nitrogens with zero attached hydrogens (tertiary/aromatic N) is 1. The molecule has 0 fully saturated rings. The fraction of sp³-hybridized carbons (Fsp3) is 0.500. The zero-order valence-electron chi connectivity index (χ0n) is 12.7. The Morgan fingerprint density at radius 3 is 2.55 bits per heavy atom. The van der Waals surface area contributed by atoms with Crippen LogP contribution in [0.5, 0.6) is 0 Å². The Hall–Kier alpha value is -1.93. The number of aliphatic carboxylic acids is 1. The van der Waals surface area contributed by atoms with Gasteiger partial charge in [0, 0.05) is 5.38 Å². The average molecular weight is 328 g/mol. The molecule has 0 aliphatic rings. The Bertz CT molecular complexity index is 517. The summed E-state index contributed by atoms with van der Waals surface area (Å²) < 4.78 is 4.86. The fourth-order valence-electron chi connectivity index (χ4n) is 1.86. The molecule has 122 valence electrons. The lowest BCUT2D eigenvalue weighted by atomic mass is 10.2. The van der Waals surface area contributed by atoms with Crippen LogP contribution in [0.3, 0.4) is 0 Å². The molecule has 2 atom stereocenters. The number of rotatable bonds is 8. The van der Waals surface area contributed by atoms with Gasteiger partial charge >= 0.3 is 11.9 Å². The Morgan fingerprint density at radius 2 is 2.05 bits per heavy atom. The molecular formula is C14H20N2O5S. The quantitative estimate of drug-likeness (QED) is 0.694. The van der Waals surface area contributed by atoms with Gasteiger partial charge in [0.05, 0.1) is 18.3 Å². The van der Waals surface area contributed by atoms with Crippen molar-refractivity contribution >= 4 is 34.9 Å². The van der Waals surface area contributed by atoms with Crippen LogP contribution in [0.2, 0.25) is 0 Å². The standard InChI is InChI=1S/C14H20N2O5S/c1-4-21-14(20)10(3)15-9(2)13(19)16(7-12(17)18)11-5-6-22-8-11/h5-6,8-10,15H,4,7H2,1-3H3,(H,17,18)/t9-,10?/m0/s1. The number of amides is 1. The number of anilines is 1. The van der Waals surface area contributed by atoms with Gasteiger partial charge in [0.25, 0.3) is 0 Å². The van der Waals surface area contributed by atoms with Crippen LogP contribution < -0.4 is 10.2 Å². The van der Waals surface area contributed by atoms with E-state index in [2.05, 4.69) is 5.32 Å². The minimum absolute atomic E-state index is 0.257. The van der Waals surface area contributed by atoms with Crippen LogP contribution in [0.15, 0.2) is 16.8 Å². The van der Waals surface area contributed by atoms with Crippen molar-refractivity contribution in [3.8, 4) is 0 Å². The van der Waals surface area contributed by atoms with E-state index in [0.717, 1.165) is 0 Å². The van der Waals surface area contributed by atoms with E-state index in [9.17, 15) is 14.4 Å². The van der Waals surface area contributed by atoms with Crippen molar-refractivity contribution in [2.24, 2.45) is 0 Å². The third kappa shape index (κ3) is 5.12. The largest absolute Gasteiger partial charge is 0.480 e. The van der Waals surface area contributed by atoms with Gasteiger partial charge in [-0.2, -0.15) is 11.3 Å². The molecule has 22 heavy (non-hydrogen) atoms. The van der Waals surface area contributed by atoms with Gasteiger partial charge in [0.1, 0.15) is 12.6 Å². The second kappa shape index (κ2) is 8.50. The van der Waals surface area contributed by atoms with Crippen LogP contribution in [0, 0.1) is 0 Å². The van der Waals surface area contributed by atoms with Crippen molar-refractivity contribution in [3.05, 3.63) is 16.8 Å². The van der Waals surface area contributed by atoms with E-state index in [1.165, 1.54) is 16.2 Å². The summed E-state index contributed by atoms with van der Waals surface area (Å²) >= 11 is 1.37. The lowest BCUT2D eigenvalue weighted by molar-refractivity contribution is -0.145. The van der Waals surface area contributed by atoms with Gasteiger partial charge in [-0.1, -0.05) is 0 Å². The van der Waals surface area contributed by atoms with Gasteiger partial charge in [0.2, 0.25) is 5.91 Å². The predicted molar refractivity (Wildman–Crippen MR) is 83.0 cm³/mol. The second-order valence-corrected chi connectivity index (χ2v) is 5.44. The molecule has 0 bridgehead atoms. The highest BCUT2D eigenvalue weighted by Crippen LogP contribution is 2.19. The molecule has 0 saturated heterocycles. The Labute approximate surface area is 132 Å². The van der Waals surface area contributed by atoms with E-state index in [4.69, 9.17) is 9.84 Å². The Kier molecular flexibility index (Phi) is 7.00. The van der Waals surface area contributed by atoms with Gasteiger partial charge < -0.3 is 9.84 Å². The Balaban J connectivity index is 2.76. The number of esters is 1. The minimum atomic E-state index is -1.11. The smallest absolute Gasteiger partial charge is 0.323 e. The summed E-state index contributed by atoms with van der Waals surface area (Å²) in [5.74, 6) is -1.98. The highest BCUT2D eigenvalue weighted by atomic mass is 32.1. The van der Waals surface area contributed by atoms with Crippen LogP contribution in [-0.4, -0.2) is 48.2 Å². The van der Waals surface area contributed by atoms with Crippen molar-refractivity contribution in [2.45, 2.75) is 32.9 Å². The van der Waals surface area contributed by atoms with E-state index in [0.29, 0.717) is 5.69 Å². The van der Waals surface area contributed by atoms with E-state index in [1.807, 2.05) is 0 Å². The zero-order valence-corrected chi connectivity index (χ0v) is 13.6. The third-order valence-corrected chi connectivity index (χ3v) is 3.56. The number of hydrogen-bond acceptors (Lipinski definition) is 6. The van der Waals surface area contributed by atoms with E-state index in [1.54, 1.807) is 37.6 Å². The van der Waals surface area contributed by atoms with E-state index >= 15 is 0 Å². The van der Waals surface area contributed by atoms with Crippen molar-refractivity contribution < 1.29 is 24.2 Å². The number of carbonyl (C=O) groups excluding carboxylic acids is 2. The minimum Gasteiger partial charge on any atom is -0.480 e. The lowest BCUT2D eigenvalue weighted by Crippen LogP contribution is -2.51. The first-order chi connectivity index (χ1) is 10.4. The highest BCUT2D eigenvalue weighted by Gasteiger charge is 2.27. The molecule has 1 aromatic rings. The number of thiophene rings is 1. The van der Waals surface area contributed by atoms with Crippen LogP contribution in [-0.2, 0) is 19.1 Å². The summed E-state index contributed by atoms with van der Waals surface area (Å²) in [6.07, 6.45) is 0. The SMILES string of the molecule is CCOC(=O)C(C)N[C@@H](C)C(=O)N(CC(=O)O)c1ccsc1. The molecule has 0 saturated carbocycles. The van der Waals surface area contributed by atoms with E-state index in [-0.39, 0.29) is 6.61 Å². The molecule has 1 unspecified atom stereocenters. The highest BCUT2D eigenvalue weighted by molar-refractivity contribution is 7.08. The maximum atomic E-state index is 12.4. The van der Waals surface area contributed by atoms with Crippen LogP contribution in [0.1, 0.15) is 20.8 Å². The summed E-state index contributed by atoms with van der Waals surface area (Å²) in [5, 5.41) is 15.3.